The predicted molar refractivity (Wildman–Crippen MR) is 87.9 cm³/mol. The number of hydrogen-bond acceptors (Lipinski definition) is 5. The zero-order chi connectivity index (χ0) is 16.9. The maximum absolute atomic E-state index is 13.7. The van der Waals surface area contributed by atoms with E-state index in [0.717, 1.165) is 11.1 Å². The Morgan fingerprint density at radius 2 is 1.92 bits per heavy atom. The first kappa shape index (κ1) is 16.1. The third kappa shape index (κ3) is 3.78. The predicted octanol–water partition coefficient (Wildman–Crippen LogP) is 3.52. The number of aromatic nitrogens is 2. The molecule has 0 saturated carbocycles. The normalized spacial score (nSPS) is 11.0. The number of ether oxygens (including phenoxy) is 1. The number of rotatable bonds is 6. The van der Waals surface area contributed by atoms with Crippen molar-refractivity contribution < 1.29 is 13.7 Å². The highest BCUT2D eigenvalue weighted by Gasteiger charge is 2.12. The zero-order valence-electron chi connectivity index (χ0n) is 13.6. The van der Waals surface area contributed by atoms with Gasteiger partial charge in [0.25, 0.3) is 0 Å². The van der Waals surface area contributed by atoms with Gasteiger partial charge in [0.15, 0.2) is 11.6 Å². The monoisotopic (exact) mass is 327 g/mol. The van der Waals surface area contributed by atoms with Gasteiger partial charge in [-0.25, -0.2) is 4.39 Å². The highest BCUT2D eigenvalue weighted by Crippen LogP contribution is 2.19. The summed E-state index contributed by atoms with van der Waals surface area (Å²) in [5.41, 5.74) is 1.76. The highest BCUT2D eigenvalue weighted by molar-refractivity contribution is 5.53. The first-order chi connectivity index (χ1) is 11.7. The lowest BCUT2D eigenvalue weighted by Crippen LogP contribution is -2.17. The molecule has 0 aliphatic carbocycles. The topological polar surface area (TPSA) is 51.4 Å². The van der Waals surface area contributed by atoms with Gasteiger partial charge in [0.05, 0.1) is 13.7 Å². The van der Waals surface area contributed by atoms with Gasteiger partial charge in [-0.2, -0.15) is 4.98 Å². The fourth-order valence-electron chi connectivity index (χ4n) is 2.43. The molecular formula is C18H18FN3O2. The second-order valence-electron chi connectivity index (χ2n) is 5.52. The van der Waals surface area contributed by atoms with E-state index in [1.54, 1.807) is 6.07 Å². The molecule has 3 aromatic rings. The van der Waals surface area contributed by atoms with E-state index in [2.05, 4.69) is 10.1 Å². The van der Waals surface area contributed by atoms with Crippen LogP contribution in [0.25, 0.3) is 11.4 Å². The van der Waals surface area contributed by atoms with E-state index in [-0.39, 0.29) is 11.6 Å². The maximum Gasteiger partial charge on any atom is 0.241 e. The van der Waals surface area contributed by atoms with E-state index in [9.17, 15) is 4.39 Å². The van der Waals surface area contributed by atoms with Crippen LogP contribution in [0, 0.1) is 5.82 Å². The van der Waals surface area contributed by atoms with Gasteiger partial charge in [-0.15, -0.1) is 0 Å². The fourth-order valence-corrected chi connectivity index (χ4v) is 2.43. The van der Waals surface area contributed by atoms with Crippen molar-refractivity contribution in [1.82, 2.24) is 15.0 Å². The third-order valence-electron chi connectivity index (χ3n) is 3.57. The summed E-state index contributed by atoms with van der Waals surface area (Å²) in [4.78, 5) is 6.37. The van der Waals surface area contributed by atoms with Gasteiger partial charge in [-0.05, 0) is 24.7 Å². The zero-order valence-corrected chi connectivity index (χ0v) is 13.6. The van der Waals surface area contributed by atoms with Crippen LogP contribution in [0.1, 0.15) is 11.5 Å². The van der Waals surface area contributed by atoms with Crippen LogP contribution in [0.3, 0.4) is 0 Å². The molecule has 24 heavy (non-hydrogen) atoms. The summed E-state index contributed by atoms with van der Waals surface area (Å²) in [5, 5.41) is 3.99. The standard InChI is InChI=1S/C18H18FN3O2/c1-22(11-13-8-9-16(23-2)15(19)10-13)12-17-20-18(21-24-17)14-6-4-3-5-7-14/h3-10H,11-12H2,1-2H3. The van der Waals surface area contributed by atoms with Crippen LogP contribution in [-0.2, 0) is 13.1 Å². The molecule has 0 bridgehead atoms. The van der Waals surface area contributed by atoms with E-state index >= 15 is 0 Å². The van der Waals surface area contributed by atoms with Gasteiger partial charge in [0, 0.05) is 12.1 Å². The molecule has 0 amide bonds. The molecule has 5 nitrogen and oxygen atoms in total. The summed E-state index contributed by atoms with van der Waals surface area (Å²) < 4.78 is 23.9. The van der Waals surface area contributed by atoms with Crippen molar-refractivity contribution in [3.05, 3.63) is 65.8 Å². The molecule has 0 spiro atoms. The fraction of sp³-hybridized carbons (Fsp3) is 0.222. The lowest BCUT2D eigenvalue weighted by atomic mass is 10.2. The molecule has 0 fully saturated rings. The van der Waals surface area contributed by atoms with Gasteiger partial charge >= 0.3 is 0 Å². The molecule has 1 aromatic heterocycles. The Labute approximate surface area is 139 Å². The van der Waals surface area contributed by atoms with Gasteiger partial charge in [-0.1, -0.05) is 41.6 Å². The molecule has 0 N–H and O–H groups in total. The minimum Gasteiger partial charge on any atom is -0.494 e. The van der Waals surface area contributed by atoms with Crippen LogP contribution in [0.5, 0.6) is 5.75 Å². The molecular weight excluding hydrogens is 309 g/mol. The molecule has 0 saturated heterocycles. The van der Waals surface area contributed by atoms with Crippen molar-refractivity contribution in [2.24, 2.45) is 0 Å². The highest BCUT2D eigenvalue weighted by atomic mass is 19.1. The first-order valence-corrected chi connectivity index (χ1v) is 7.54. The van der Waals surface area contributed by atoms with E-state index in [4.69, 9.17) is 9.26 Å². The Morgan fingerprint density at radius 3 is 2.62 bits per heavy atom. The Balaban J connectivity index is 1.64. The van der Waals surface area contributed by atoms with Crippen molar-refractivity contribution >= 4 is 0 Å². The summed E-state index contributed by atoms with van der Waals surface area (Å²) in [7, 11) is 3.36. The average molecular weight is 327 g/mol. The second-order valence-corrected chi connectivity index (χ2v) is 5.52. The molecule has 0 unspecified atom stereocenters. The van der Waals surface area contributed by atoms with E-state index in [1.807, 2.05) is 48.3 Å². The van der Waals surface area contributed by atoms with Crippen molar-refractivity contribution in [2.75, 3.05) is 14.2 Å². The Hall–Kier alpha value is -2.73. The minimum absolute atomic E-state index is 0.241. The molecule has 0 aliphatic rings. The van der Waals surface area contributed by atoms with Crippen molar-refractivity contribution in [2.45, 2.75) is 13.1 Å². The number of benzene rings is 2. The van der Waals surface area contributed by atoms with Crippen LogP contribution in [0.2, 0.25) is 0 Å². The summed E-state index contributed by atoms with van der Waals surface area (Å²) in [5.74, 6) is 0.957. The summed E-state index contributed by atoms with van der Waals surface area (Å²) in [6, 6.07) is 14.6. The first-order valence-electron chi connectivity index (χ1n) is 7.54. The summed E-state index contributed by atoms with van der Waals surface area (Å²) in [6.45, 7) is 1.04. The largest absolute Gasteiger partial charge is 0.494 e. The van der Waals surface area contributed by atoms with Crippen molar-refractivity contribution in [3.63, 3.8) is 0 Å². The smallest absolute Gasteiger partial charge is 0.241 e. The van der Waals surface area contributed by atoms with Crippen LogP contribution in [-0.4, -0.2) is 29.2 Å². The van der Waals surface area contributed by atoms with Gasteiger partial charge in [-0.3, -0.25) is 4.90 Å². The molecule has 2 aromatic carbocycles. The Kier molecular flexibility index (Phi) is 4.86. The number of methoxy groups -OCH3 is 1. The SMILES string of the molecule is COc1ccc(CN(C)Cc2nc(-c3ccccc3)no2)cc1F. The number of hydrogen-bond donors (Lipinski definition) is 0. The average Bonchev–Trinajstić information content (AvgIpc) is 3.04. The lowest BCUT2D eigenvalue weighted by Gasteiger charge is -2.14. The molecule has 0 aliphatic heterocycles. The van der Waals surface area contributed by atoms with Crippen LogP contribution in [0.15, 0.2) is 53.1 Å². The van der Waals surface area contributed by atoms with Crippen LogP contribution < -0.4 is 4.74 Å². The van der Waals surface area contributed by atoms with Gasteiger partial charge < -0.3 is 9.26 Å². The molecule has 124 valence electrons. The van der Waals surface area contributed by atoms with Crippen LogP contribution >= 0.6 is 0 Å². The second kappa shape index (κ2) is 7.23. The third-order valence-corrected chi connectivity index (χ3v) is 3.57. The molecule has 0 radical (unpaired) electrons. The van der Waals surface area contributed by atoms with Crippen molar-refractivity contribution in [3.8, 4) is 17.1 Å². The van der Waals surface area contributed by atoms with Crippen molar-refractivity contribution in [1.29, 1.82) is 0 Å². The Bertz CT molecular complexity index is 805. The van der Waals surface area contributed by atoms with E-state index in [0.29, 0.717) is 24.8 Å². The summed E-state index contributed by atoms with van der Waals surface area (Å²) >= 11 is 0. The van der Waals surface area contributed by atoms with E-state index in [1.165, 1.54) is 13.2 Å². The van der Waals surface area contributed by atoms with Gasteiger partial charge in [0.2, 0.25) is 11.7 Å². The number of nitrogens with zero attached hydrogens (tertiary/aromatic N) is 3. The maximum atomic E-state index is 13.7. The lowest BCUT2D eigenvalue weighted by molar-refractivity contribution is 0.260. The molecule has 6 heteroatoms. The molecule has 0 atom stereocenters. The minimum atomic E-state index is -0.368. The Morgan fingerprint density at radius 1 is 1.12 bits per heavy atom. The van der Waals surface area contributed by atoms with E-state index < -0.39 is 0 Å². The quantitative estimate of drug-likeness (QED) is 0.693. The van der Waals surface area contributed by atoms with Crippen LogP contribution in [0.4, 0.5) is 4.39 Å². The number of halogens is 1. The van der Waals surface area contributed by atoms with Gasteiger partial charge in [0.1, 0.15) is 0 Å². The molecule has 1 heterocycles. The summed E-state index contributed by atoms with van der Waals surface area (Å²) in [6.07, 6.45) is 0. The molecule has 3 rings (SSSR count).